The molecule has 0 aromatic rings. The van der Waals surface area contributed by atoms with Crippen molar-refractivity contribution in [2.24, 2.45) is 0 Å². The van der Waals surface area contributed by atoms with Gasteiger partial charge in [-0.25, -0.2) is 0 Å². The lowest BCUT2D eigenvalue weighted by Crippen LogP contribution is -2.30. The minimum absolute atomic E-state index is 0.0942. The quantitative estimate of drug-likeness (QED) is 0.0261. The number of hydrogen-bond acceptors (Lipinski definition) is 6. The van der Waals surface area contributed by atoms with Gasteiger partial charge in [0, 0.05) is 19.3 Å². The molecule has 0 saturated carbocycles. The van der Waals surface area contributed by atoms with Crippen LogP contribution in [0.1, 0.15) is 278 Å². The maximum absolute atomic E-state index is 12.9. The van der Waals surface area contributed by atoms with Crippen LogP contribution in [-0.4, -0.2) is 37.2 Å². The molecule has 0 rings (SSSR count). The van der Waals surface area contributed by atoms with Crippen molar-refractivity contribution < 1.29 is 28.6 Å². The van der Waals surface area contributed by atoms with E-state index in [-0.39, 0.29) is 31.1 Å². The number of allylic oxidation sites excluding steroid dienone is 28. The van der Waals surface area contributed by atoms with Crippen molar-refractivity contribution in [3.05, 3.63) is 170 Å². The molecule has 0 aliphatic carbocycles. The van der Waals surface area contributed by atoms with Crippen LogP contribution in [0.15, 0.2) is 170 Å². The second kappa shape index (κ2) is 69.3. The minimum atomic E-state index is -0.800. The summed E-state index contributed by atoms with van der Waals surface area (Å²) in [5.41, 5.74) is 0. The summed E-state index contributed by atoms with van der Waals surface area (Å²) < 4.78 is 16.9. The Labute approximate surface area is 511 Å². The average molecular weight is 1140 g/mol. The van der Waals surface area contributed by atoms with Gasteiger partial charge in [-0.15, -0.1) is 0 Å². The first kappa shape index (κ1) is 77.8. The Morgan fingerprint density at radius 2 is 0.470 bits per heavy atom. The Hall–Kier alpha value is -5.23. The van der Waals surface area contributed by atoms with Gasteiger partial charge in [0.25, 0.3) is 0 Å². The summed E-state index contributed by atoms with van der Waals surface area (Å²) in [6.07, 6.45) is 102. The van der Waals surface area contributed by atoms with Gasteiger partial charge in [0.05, 0.1) is 0 Å². The molecule has 466 valence electrons. The van der Waals surface area contributed by atoms with Gasteiger partial charge in [0.2, 0.25) is 0 Å². The van der Waals surface area contributed by atoms with Crippen molar-refractivity contribution >= 4 is 17.9 Å². The predicted octanol–water partition coefficient (Wildman–Crippen LogP) is 23.4. The molecule has 1 atom stereocenters. The summed E-state index contributed by atoms with van der Waals surface area (Å²) in [5, 5.41) is 0. The number of ether oxygens (including phenoxy) is 3. The first-order valence-corrected chi connectivity index (χ1v) is 33.6. The van der Waals surface area contributed by atoms with Gasteiger partial charge >= 0.3 is 17.9 Å². The normalized spacial score (nSPS) is 13.2. The van der Waals surface area contributed by atoms with Gasteiger partial charge in [-0.1, -0.05) is 294 Å². The fourth-order valence-electron chi connectivity index (χ4n) is 8.76. The largest absolute Gasteiger partial charge is 0.462 e. The van der Waals surface area contributed by atoms with E-state index in [2.05, 4.69) is 191 Å². The highest BCUT2D eigenvalue weighted by atomic mass is 16.6. The van der Waals surface area contributed by atoms with E-state index in [1.54, 1.807) is 0 Å². The molecule has 0 aliphatic rings. The van der Waals surface area contributed by atoms with E-state index in [1.165, 1.54) is 64.2 Å². The molecule has 0 spiro atoms. The summed E-state index contributed by atoms with van der Waals surface area (Å²) in [6, 6.07) is 0. The molecule has 0 amide bonds. The molecule has 0 N–H and O–H groups in total. The maximum atomic E-state index is 12.9. The van der Waals surface area contributed by atoms with Crippen LogP contribution in [0.5, 0.6) is 0 Å². The van der Waals surface area contributed by atoms with Crippen LogP contribution in [0.25, 0.3) is 0 Å². The van der Waals surface area contributed by atoms with Gasteiger partial charge in [0.1, 0.15) is 13.2 Å². The summed E-state index contributed by atoms with van der Waals surface area (Å²) >= 11 is 0. The van der Waals surface area contributed by atoms with Gasteiger partial charge < -0.3 is 14.2 Å². The molecule has 0 bridgehead atoms. The third kappa shape index (κ3) is 67.4. The lowest BCUT2D eigenvalue weighted by Gasteiger charge is -2.18. The van der Waals surface area contributed by atoms with E-state index < -0.39 is 6.10 Å². The predicted molar refractivity (Wildman–Crippen MR) is 361 cm³/mol. The van der Waals surface area contributed by atoms with Crippen LogP contribution in [0.4, 0.5) is 0 Å². The Kier molecular flexibility index (Phi) is 64.9. The number of rotatable bonds is 59. The fraction of sp³-hybridized carbons (Fsp3) is 0.597. The molecule has 0 radical (unpaired) electrons. The van der Waals surface area contributed by atoms with Crippen molar-refractivity contribution in [2.45, 2.75) is 284 Å². The fourth-order valence-corrected chi connectivity index (χ4v) is 8.76. The standard InChI is InChI=1S/C77H122O6/c1-4-7-10-13-16-19-21-23-25-27-29-31-33-35-36-37-38-39-40-42-43-45-47-49-51-53-55-58-61-64-67-70-76(79)82-73-74(72-81-75(78)69-66-63-60-57-18-15-12-9-6-3)83-77(80)71-68-65-62-59-56-54-52-50-48-46-44-41-34-32-30-28-26-24-22-20-17-14-11-8-5-2/h7-8,10-11,16-17,19-20,23-26,29-32,35-36,38-39,41-44,47-50,74H,4-6,9,12-15,18,21-22,27-28,33-34,37,40,45-46,51-73H2,1-3H3/b10-7-,11-8-,19-16-,20-17-,25-23-,26-24-,31-29-,32-30-,36-35-,39-38-,43-42-,44-41-,49-47-,50-48-. The molecular weight excluding hydrogens is 1020 g/mol. The Bertz CT molecular complexity index is 1890. The van der Waals surface area contributed by atoms with Crippen molar-refractivity contribution in [1.29, 1.82) is 0 Å². The second-order valence-electron chi connectivity index (χ2n) is 21.6. The molecule has 0 aromatic carbocycles. The number of unbranched alkanes of at least 4 members (excludes halogenated alkanes) is 20. The molecule has 0 aromatic heterocycles. The molecule has 0 fully saturated rings. The topological polar surface area (TPSA) is 78.9 Å². The van der Waals surface area contributed by atoms with Crippen LogP contribution in [0.2, 0.25) is 0 Å². The van der Waals surface area contributed by atoms with Crippen LogP contribution in [0.3, 0.4) is 0 Å². The SMILES string of the molecule is CC/C=C\C/C=C\C/C=C\C/C=C\C/C=C\C/C=C\C/C=C\C/C=C\CCCCCCCCC(=O)OCC(COC(=O)CCCCCCCCCCC)OC(=O)CCCCCCCC/C=C\C/C=C\C/C=C\C/C=C\C/C=C\C/C=C\CC. The van der Waals surface area contributed by atoms with E-state index in [0.717, 1.165) is 173 Å². The second-order valence-corrected chi connectivity index (χ2v) is 21.6. The zero-order chi connectivity index (χ0) is 59.9. The Balaban J connectivity index is 4.31. The molecule has 0 saturated heterocycles. The first-order chi connectivity index (χ1) is 41.0. The number of esters is 3. The summed E-state index contributed by atoms with van der Waals surface area (Å²) in [4.78, 5) is 38.3. The van der Waals surface area contributed by atoms with Crippen LogP contribution >= 0.6 is 0 Å². The van der Waals surface area contributed by atoms with E-state index in [4.69, 9.17) is 14.2 Å². The summed E-state index contributed by atoms with van der Waals surface area (Å²) in [6.45, 7) is 6.36. The highest BCUT2D eigenvalue weighted by Crippen LogP contribution is 2.15. The average Bonchev–Trinajstić information content (AvgIpc) is 3.49. The number of carbonyl (C=O) groups excluding carboxylic acids is 3. The third-order valence-electron chi connectivity index (χ3n) is 13.7. The van der Waals surface area contributed by atoms with Gasteiger partial charge in [-0.2, -0.15) is 0 Å². The molecule has 1 unspecified atom stereocenters. The van der Waals surface area contributed by atoms with Gasteiger partial charge in [-0.3, -0.25) is 14.4 Å². The summed E-state index contributed by atoms with van der Waals surface area (Å²) in [7, 11) is 0. The monoisotopic (exact) mass is 1140 g/mol. The Morgan fingerprint density at radius 3 is 0.735 bits per heavy atom. The van der Waals surface area contributed by atoms with Crippen molar-refractivity contribution in [2.75, 3.05) is 13.2 Å². The molecular formula is C77H122O6. The summed E-state index contributed by atoms with van der Waals surface area (Å²) in [5.74, 6) is -0.930. The zero-order valence-corrected chi connectivity index (χ0v) is 53.4. The lowest BCUT2D eigenvalue weighted by molar-refractivity contribution is -0.167. The molecule has 0 aliphatic heterocycles. The number of hydrogen-bond donors (Lipinski definition) is 0. The van der Waals surface area contributed by atoms with E-state index in [0.29, 0.717) is 19.3 Å². The maximum Gasteiger partial charge on any atom is 0.306 e. The van der Waals surface area contributed by atoms with Crippen molar-refractivity contribution in [3.8, 4) is 0 Å². The van der Waals surface area contributed by atoms with Crippen molar-refractivity contribution in [3.63, 3.8) is 0 Å². The van der Waals surface area contributed by atoms with Crippen LogP contribution in [0, 0.1) is 0 Å². The molecule has 6 heteroatoms. The first-order valence-electron chi connectivity index (χ1n) is 33.6. The highest BCUT2D eigenvalue weighted by molar-refractivity contribution is 5.71. The molecule has 6 nitrogen and oxygen atoms in total. The van der Waals surface area contributed by atoms with Gasteiger partial charge in [-0.05, 0) is 135 Å². The smallest absolute Gasteiger partial charge is 0.306 e. The van der Waals surface area contributed by atoms with E-state index in [9.17, 15) is 14.4 Å². The minimum Gasteiger partial charge on any atom is -0.462 e. The van der Waals surface area contributed by atoms with Gasteiger partial charge in [0.15, 0.2) is 6.10 Å². The van der Waals surface area contributed by atoms with Crippen LogP contribution < -0.4 is 0 Å². The van der Waals surface area contributed by atoms with E-state index >= 15 is 0 Å². The lowest BCUT2D eigenvalue weighted by atomic mass is 10.1. The molecule has 83 heavy (non-hydrogen) atoms. The van der Waals surface area contributed by atoms with Crippen molar-refractivity contribution in [1.82, 2.24) is 0 Å². The number of carbonyl (C=O) groups is 3. The van der Waals surface area contributed by atoms with E-state index in [1.807, 2.05) is 0 Å². The zero-order valence-electron chi connectivity index (χ0n) is 53.4. The third-order valence-corrected chi connectivity index (χ3v) is 13.7. The molecule has 0 heterocycles. The Morgan fingerprint density at radius 1 is 0.253 bits per heavy atom. The van der Waals surface area contributed by atoms with Crippen LogP contribution in [-0.2, 0) is 28.6 Å². The highest BCUT2D eigenvalue weighted by Gasteiger charge is 2.19.